The zero-order valence-electron chi connectivity index (χ0n) is 15.8. The van der Waals surface area contributed by atoms with Crippen LogP contribution in [-0.2, 0) is 11.4 Å². The first-order valence-corrected chi connectivity index (χ1v) is 9.14. The lowest BCUT2D eigenvalue weighted by Crippen LogP contribution is -2.07. The molecule has 4 aromatic rings. The van der Waals surface area contributed by atoms with E-state index in [0.717, 1.165) is 16.9 Å². The van der Waals surface area contributed by atoms with Gasteiger partial charge in [0.25, 0.3) is 0 Å². The van der Waals surface area contributed by atoms with Gasteiger partial charge in [0, 0.05) is 31.1 Å². The summed E-state index contributed by atoms with van der Waals surface area (Å²) < 4.78 is 11.2. The summed E-state index contributed by atoms with van der Waals surface area (Å²) in [4.78, 5) is 20.4. The Morgan fingerprint density at radius 1 is 1.10 bits per heavy atom. The summed E-state index contributed by atoms with van der Waals surface area (Å²) in [6, 6.07) is 16.7. The lowest BCUT2D eigenvalue weighted by atomic mass is 10.2. The highest BCUT2D eigenvalue weighted by Crippen LogP contribution is 2.20. The number of carbonyl (C=O) groups is 1. The highest BCUT2D eigenvalue weighted by atomic mass is 16.5. The van der Waals surface area contributed by atoms with Gasteiger partial charge in [-0.1, -0.05) is 12.1 Å². The number of fused-ring (bicyclic) bond motifs is 1. The van der Waals surface area contributed by atoms with Crippen LogP contribution >= 0.6 is 0 Å². The van der Waals surface area contributed by atoms with Crippen LogP contribution in [0.1, 0.15) is 17.0 Å². The van der Waals surface area contributed by atoms with Gasteiger partial charge in [-0.2, -0.15) is 0 Å². The molecule has 6 nitrogen and oxygen atoms in total. The Bertz CT molecular complexity index is 1150. The Balaban J connectivity index is 1.33. The summed E-state index contributed by atoms with van der Waals surface area (Å²) in [6.07, 6.45) is 6.72. The molecule has 1 N–H and O–H groups in total. The molecule has 2 aromatic heterocycles. The average Bonchev–Trinajstić information content (AvgIpc) is 3.11. The monoisotopic (exact) mass is 385 g/mol. The molecule has 0 aliphatic rings. The largest absolute Gasteiger partial charge is 0.489 e. The van der Waals surface area contributed by atoms with Gasteiger partial charge < -0.3 is 14.5 Å². The van der Waals surface area contributed by atoms with E-state index in [4.69, 9.17) is 9.15 Å². The van der Waals surface area contributed by atoms with Crippen LogP contribution in [0.25, 0.3) is 17.2 Å². The van der Waals surface area contributed by atoms with E-state index < -0.39 is 0 Å². The third-order valence-corrected chi connectivity index (χ3v) is 4.22. The zero-order chi connectivity index (χ0) is 20.1. The molecule has 1 amide bonds. The smallest absolute Gasteiger partial charge is 0.248 e. The minimum absolute atomic E-state index is 0.220. The van der Waals surface area contributed by atoms with Gasteiger partial charge in [0.1, 0.15) is 17.9 Å². The van der Waals surface area contributed by atoms with Gasteiger partial charge in [-0.15, -0.1) is 0 Å². The van der Waals surface area contributed by atoms with Crippen LogP contribution in [0.3, 0.4) is 0 Å². The van der Waals surface area contributed by atoms with Crippen LogP contribution in [0, 0.1) is 6.92 Å². The summed E-state index contributed by atoms with van der Waals surface area (Å²) in [5.41, 5.74) is 4.04. The zero-order valence-corrected chi connectivity index (χ0v) is 15.8. The number of oxazole rings is 1. The molecule has 2 heterocycles. The summed E-state index contributed by atoms with van der Waals surface area (Å²) in [5.74, 6) is 1.14. The number of carbonyl (C=O) groups excluding carboxylic acids is 1. The highest BCUT2D eigenvalue weighted by Gasteiger charge is 2.04. The van der Waals surface area contributed by atoms with Crippen molar-refractivity contribution in [3.8, 4) is 5.75 Å². The summed E-state index contributed by atoms with van der Waals surface area (Å²) in [6.45, 7) is 2.27. The molecule has 0 aliphatic heterocycles. The minimum Gasteiger partial charge on any atom is -0.489 e. The first-order chi connectivity index (χ1) is 14.2. The fourth-order valence-corrected chi connectivity index (χ4v) is 2.80. The number of hydrogen-bond donors (Lipinski definition) is 1. The third kappa shape index (κ3) is 4.87. The number of ether oxygens (including phenoxy) is 1. The van der Waals surface area contributed by atoms with Gasteiger partial charge in [0.2, 0.25) is 5.91 Å². The summed E-state index contributed by atoms with van der Waals surface area (Å²) in [5, 5.41) is 2.83. The van der Waals surface area contributed by atoms with Gasteiger partial charge in [0.15, 0.2) is 11.5 Å². The number of pyridine rings is 1. The number of benzene rings is 2. The van der Waals surface area contributed by atoms with Gasteiger partial charge in [-0.25, -0.2) is 4.98 Å². The van der Waals surface area contributed by atoms with Crippen LogP contribution in [0.15, 0.2) is 77.5 Å². The molecule has 0 saturated carbocycles. The molecular formula is C23H19N3O3. The topological polar surface area (TPSA) is 77.2 Å². The van der Waals surface area contributed by atoms with Crippen molar-refractivity contribution in [1.29, 1.82) is 0 Å². The molecule has 0 aliphatic carbocycles. The first kappa shape index (κ1) is 18.4. The Labute approximate surface area is 167 Å². The maximum Gasteiger partial charge on any atom is 0.248 e. The van der Waals surface area contributed by atoms with Gasteiger partial charge in [0.05, 0.1) is 0 Å². The predicted octanol–water partition coefficient (Wildman–Crippen LogP) is 4.76. The predicted molar refractivity (Wildman–Crippen MR) is 111 cm³/mol. The van der Waals surface area contributed by atoms with Crippen LogP contribution in [0.2, 0.25) is 0 Å². The lowest BCUT2D eigenvalue weighted by molar-refractivity contribution is -0.111. The molecule has 0 unspecified atom stereocenters. The van der Waals surface area contributed by atoms with Crippen LogP contribution in [-0.4, -0.2) is 15.9 Å². The van der Waals surface area contributed by atoms with Gasteiger partial charge in [-0.05, 0) is 59.7 Å². The molecule has 0 atom stereocenters. The van der Waals surface area contributed by atoms with Crippen LogP contribution in [0.5, 0.6) is 5.75 Å². The highest BCUT2D eigenvalue weighted by molar-refractivity contribution is 6.02. The Morgan fingerprint density at radius 2 is 1.90 bits per heavy atom. The standard InChI is InChI=1S/C23H19N3O3/c1-16-25-21-14-19(5-8-22(21)29-16)26-23(27)9-4-17-2-6-20(7-3-17)28-15-18-10-12-24-13-11-18/h2-14H,15H2,1H3,(H,26,27). The molecule has 2 aromatic carbocycles. The summed E-state index contributed by atoms with van der Waals surface area (Å²) in [7, 11) is 0. The first-order valence-electron chi connectivity index (χ1n) is 9.14. The lowest BCUT2D eigenvalue weighted by Gasteiger charge is -2.06. The molecule has 0 bridgehead atoms. The average molecular weight is 385 g/mol. The van der Waals surface area contributed by atoms with Crippen molar-refractivity contribution in [2.75, 3.05) is 5.32 Å². The van der Waals surface area contributed by atoms with E-state index in [-0.39, 0.29) is 5.91 Å². The molecule has 0 spiro atoms. The number of rotatable bonds is 6. The van der Waals surface area contributed by atoms with E-state index in [0.29, 0.717) is 29.3 Å². The van der Waals surface area contributed by atoms with Crippen molar-refractivity contribution >= 4 is 28.8 Å². The van der Waals surface area contributed by atoms with Crippen molar-refractivity contribution < 1.29 is 13.9 Å². The number of nitrogens with zero attached hydrogens (tertiary/aromatic N) is 2. The van der Waals surface area contributed by atoms with Crippen molar-refractivity contribution in [2.45, 2.75) is 13.5 Å². The second-order valence-corrected chi connectivity index (χ2v) is 6.45. The SMILES string of the molecule is Cc1nc2cc(NC(=O)C=Cc3ccc(OCc4ccncc4)cc3)ccc2o1. The summed E-state index contributed by atoms with van der Waals surface area (Å²) >= 11 is 0. The molecule has 0 saturated heterocycles. The van der Waals surface area contributed by atoms with E-state index in [1.165, 1.54) is 6.08 Å². The van der Waals surface area contributed by atoms with E-state index in [1.54, 1.807) is 43.6 Å². The number of anilines is 1. The number of nitrogens with one attached hydrogen (secondary N) is 1. The van der Waals surface area contributed by atoms with E-state index in [9.17, 15) is 4.79 Å². The van der Waals surface area contributed by atoms with E-state index in [1.807, 2.05) is 36.4 Å². The fourth-order valence-electron chi connectivity index (χ4n) is 2.80. The molecule has 0 fully saturated rings. The van der Waals surface area contributed by atoms with E-state index >= 15 is 0 Å². The van der Waals surface area contributed by atoms with Gasteiger partial charge >= 0.3 is 0 Å². The number of amides is 1. The van der Waals surface area contributed by atoms with Gasteiger partial charge in [-0.3, -0.25) is 9.78 Å². The molecule has 29 heavy (non-hydrogen) atoms. The Morgan fingerprint density at radius 3 is 2.69 bits per heavy atom. The third-order valence-electron chi connectivity index (χ3n) is 4.22. The second kappa shape index (κ2) is 8.39. The Kier molecular flexibility index (Phi) is 5.33. The normalized spacial score (nSPS) is 11.1. The second-order valence-electron chi connectivity index (χ2n) is 6.45. The van der Waals surface area contributed by atoms with Crippen LogP contribution < -0.4 is 10.1 Å². The number of aryl methyl sites for hydroxylation is 1. The van der Waals surface area contributed by atoms with Crippen molar-refractivity contribution in [2.24, 2.45) is 0 Å². The van der Waals surface area contributed by atoms with Crippen molar-refractivity contribution in [1.82, 2.24) is 9.97 Å². The fraction of sp³-hybridized carbons (Fsp3) is 0.0870. The number of hydrogen-bond acceptors (Lipinski definition) is 5. The molecule has 144 valence electrons. The Hall–Kier alpha value is -3.93. The maximum atomic E-state index is 12.2. The molecular weight excluding hydrogens is 366 g/mol. The quantitative estimate of drug-likeness (QED) is 0.484. The molecule has 4 rings (SSSR count). The molecule has 6 heteroatoms. The maximum absolute atomic E-state index is 12.2. The van der Waals surface area contributed by atoms with Crippen molar-refractivity contribution in [3.63, 3.8) is 0 Å². The molecule has 0 radical (unpaired) electrons. The number of aromatic nitrogens is 2. The van der Waals surface area contributed by atoms with Crippen LogP contribution in [0.4, 0.5) is 5.69 Å². The van der Waals surface area contributed by atoms with E-state index in [2.05, 4.69) is 15.3 Å². The van der Waals surface area contributed by atoms with Crippen molar-refractivity contribution in [3.05, 3.63) is 90.1 Å². The minimum atomic E-state index is -0.220.